The molecule has 2 amide bonds. The second-order valence-corrected chi connectivity index (χ2v) is 12.5. The van der Waals surface area contributed by atoms with Crippen molar-refractivity contribution in [1.82, 2.24) is 29.0 Å². The molecule has 3 aliphatic heterocycles. The number of benzene rings is 1. The Labute approximate surface area is 285 Å². The number of pyridine rings is 1. The van der Waals surface area contributed by atoms with E-state index in [-0.39, 0.29) is 53.8 Å². The van der Waals surface area contributed by atoms with E-state index >= 15 is 0 Å². The first-order chi connectivity index (χ1) is 23.8. The average Bonchev–Trinajstić information content (AvgIpc) is 3.65. The Balaban J connectivity index is 1.26. The van der Waals surface area contributed by atoms with Gasteiger partial charge in [-0.15, -0.1) is 5.10 Å². The molecule has 262 valence electrons. The summed E-state index contributed by atoms with van der Waals surface area (Å²) in [7, 11) is 0. The third-order valence-electron chi connectivity index (χ3n) is 9.05. The van der Waals surface area contributed by atoms with Gasteiger partial charge in [-0.25, -0.2) is 4.98 Å². The highest BCUT2D eigenvalue weighted by atomic mass is 35.5. The molecule has 1 saturated heterocycles. The van der Waals surface area contributed by atoms with Crippen molar-refractivity contribution >= 4 is 40.5 Å². The van der Waals surface area contributed by atoms with E-state index in [1.54, 1.807) is 13.0 Å². The maximum atomic E-state index is 14.3. The number of likely N-dealkylation sites (tertiary alicyclic amines) is 1. The predicted molar refractivity (Wildman–Crippen MR) is 168 cm³/mol. The number of aromatic hydroxyl groups is 1. The van der Waals surface area contributed by atoms with E-state index in [0.717, 1.165) is 34.4 Å². The minimum Gasteiger partial charge on any atom is -0.505 e. The molecule has 13 nitrogen and oxygen atoms in total. The lowest BCUT2D eigenvalue weighted by Crippen LogP contribution is -2.47. The summed E-state index contributed by atoms with van der Waals surface area (Å²) in [5, 5.41) is 16.9. The summed E-state index contributed by atoms with van der Waals surface area (Å²) in [5.74, 6) is -2.47. The minimum absolute atomic E-state index is 0.0394. The quantitative estimate of drug-likeness (QED) is 0.225. The number of anilines is 1. The largest absolute Gasteiger partial charge is 0.505 e. The SMILES string of the molecule is C[C@H]1OC2(CCN(C(=O)c3nc(F)ccc3O)CC2)c2c1n(CC(=O)Nc1ccc(C(F)(F)F)cc1Cl)c1nc(C3=CCOCC3)nn1c2=O. The van der Waals surface area contributed by atoms with Crippen molar-refractivity contribution in [2.24, 2.45) is 0 Å². The van der Waals surface area contributed by atoms with Gasteiger partial charge in [0, 0.05) is 13.1 Å². The molecule has 1 aromatic carbocycles. The number of nitrogens with one attached hydrogen (secondary N) is 1. The van der Waals surface area contributed by atoms with Gasteiger partial charge in [0.05, 0.1) is 46.8 Å². The first-order valence-corrected chi connectivity index (χ1v) is 15.9. The molecule has 18 heteroatoms. The van der Waals surface area contributed by atoms with Crippen molar-refractivity contribution in [3.05, 3.63) is 86.1 Å². The van der Waals surface area contributed by atoms with Gasteiger partial charge < -0.3 is 29.4 Å². The first kappa shape index (κ1) is 33.6. The summed E-state index contributed by atoms with van der Waals surface area (Å²) < 4.78 is 67.8. The highest BCUT2D eigenvalue weighted by molar-refractivity contribution is 6.33. The highest BCUT2D eigenvalue weighted by Crippen LogP contribution is 2.48. The molecule has 1 atom stereocenters. The van der Waals surface area contributed by atoms with Gasteiger partial charge in [0.25, 0.3) is 11.5 Å². The Morgan fingerprint density at radius 3 is 2.60 bits per heavy atom. The molecule has 1 fully saturated rings. The topological polar surface area (TPSA) is 153 Å². The number of carbonyl (C=O) groups excluding carboxylic acids is 2. The highest BCUT2D eigenvalue weighted by Gasteiger charge is 2.50. The lowest BCUT2D eigenvalue weighted by molar-refractivity contribution is -0.137. The number of fused-ring (bicyclic) bond motifs is 3. The van der Waals surface area contributed by atoms with Crippen LogP contribution in [0.15, 0.2) is 41.2 Å². The summed E-state index contributed by atoms with van der Waals surface area (Å²) in [6.07, 6.45) is -2.84. The van der Waals surface area contributed by atoms with Crippen molar-refractivity contribution < 1.29 is 41.7 Å². The lowest BCUT2D eigenvalue weighted by Gasteiger charge is -2.39. The van der Waals surface area contributed by atoms with Crippen molar-refractivity contribution in [2.45, 2.75) is 50.6 Å². The van der Waals surface area contributed by atoms with E-state index in [9.17, 15) is 37.1 Å². The van der Waals surface area contributed by atoms with Crippen molar-refractivity contribution in [3.8, 4) is 5.75 Å². The predicted octanol–water partition coefficient (Wildman–Crippen LogP) is 4.47. The molecular formula is C32H28ClF4N7O6. The number of alkyl halides is 3. The van der Waals surface area contributed by atoms with Gasteiger partial charge in [-0.2, -0.15) is 27.1 Å². The van der Waals surface area contributed by atoms with Crippen LogP contribution in [0, 0.1) is 5.95 Å². The first-order valence-electron chi connectivity index (χ1n) is 15.6. The number of hydrogen-bond acceptors (Lipinski definition) is 9. The fraction of sp³-hybridized carbons (Fsp3) is 0.375. The molecule has 7 rings (SSSR count). The molecule has 0 bridgehead atoms. The Bertz CT molecular complexity index is 2140. The molecule has 3 aromatic heterocycles. The smallest absolute Gasteiger partial charge is 0.416 e. The molecule has 0 radical (unpaired) electrons. The Kier molecular flexibility index (Phi) is 8.39. The molecule has 6 heterocycles. The Hall–Kier alpha value is -4.87. The monoisotopic (exact) mass is 717 g/mol. The van der Waals surface area contributed by atoms with Crippen LogP contribution in [0.25, 0.3) is 11.4 Å². The lowest BCUT2D eigenvalue weighted by atomic mass is 9.85. The van der Waals surface area contributed by atoms with Crippen LogP contribution in [0.5, 0.6) is 5.75 Å². The zero-order valence-corrected chi connectivity index (χ0v) is 27.0. The molecule has 2 N–H and O–H groups in total. The molecule has 4 aromatic rings. The Morgan fingerprint density at radius 1 is 1.16 bits per heavy atom. The van der Waals surface area contributed by atoms with Crippen LogP contribution in [0.1, 0.15) is 65.4 Å². The van der Waals surface area contributed by atoms with E-state index < -0.39 is 64.8 Å². The summed E-state index contributed by atoms with van der Waals surface area (Å²) >= 11 is 6.10. The van der Waals surface area contributed by atoms with Crippen LogP contribution in [-0.4, -0.2) is 72.3 Å². The summed E-state index contributed by atoms with van der Waals surface area (Å²) in [5.41, 5.74) is -1.91. The van der Waals surface area contributed by atoms with Gasteiger partial charge in [0.15, 0.2) is 11.5 Å². The van der Waals surface area contributed by atoms with Gasteiger partial charge in [0.1, 0.15) is 17.9 Å². The molecule has 1 spiro atoms. The number of amides is 2. The molecular weight excluding hydrogens is 690 g/mol. The zero-order valence-electron chi connectivity index (χ0n) is 26.3. The maximum absolute atomic E-state index is 14.3. The van der Waals surface area contributed by atoms with Crippen molar-refractivity contribution in [2.75, 3.05) is 31.6 Å². The summed E-state index contributed by atoms with van der Waals surface area (Å²) in [4.78, 5) is 50.5. The Morgan fingerprint density at radius 2 is 1.92 bits per heavy atom. The van der Waals surface area contributed by atoms with Gasteiger partial charge in [-0.05, 0) is 62.1 Å². The van der Waals surface area contributed by atoms with E-state index in [1.807, 2.05) is 0 Å². The second-order valence-electron chi connectivity index (χ2n) is 12.1. The van der Waals surface area contributed by atoms with E-state index in [1.165, 1.54) is 9.47 Å². The fourth-order valence-electron chi connectivity index (χ4n) is 6.70. The van der Waals surface area contributed by atoms with Gasteiger partial charge in [0.2, 0.25) is 17.6 Å². The van der Waals surface area contributed by atoms with Crippen molar-refractivity contribution in [1.29, 1.82) is 0 Å². The number of ether oxygens (including phenoxy) is 2. The van der Waals surface area contributed by atoms with Crippen LogP contribution >= 0.6 is 11.6 Å². The van der Waals surface area contributed by atoms with Gasteiger partial charge >= 0.3 is 6.18 Å². The standard InChI is InChI=1S/C32H28ClF4N7O6/c1-16-26-24(31(50-16)8-10-42(11-9-31)29(48)25-21(45)4-5-22(34)39-25)28(47)44-30(40-27(41-44)17-6-12-49-13-7-17)43(26)15-23(46)38-20-3-2-18(14-19(20)33)32(35,36)37/h2-6,14,16,45H,7-13,15H2,1H3,(H,38,46)/t16-/m1/s1. The van der Waals surface area contributed by atoms with Crippen LogP contribution in [0.2, 0.25) is 5.02 Å². The van der Waals surface area contributed by atoms with Crippen LogP contribution in [0.4, 0.5) is 23.2 Å². The maximum Gasteiger partial charge on any atom is 0.416 e. The molecule has 50 heavy (non-hydrogen) atoms. The third-order valence-corrected chi connectivity index (χ3v) is 9.36. The molecule has 3 aliphatic rings. The van der Waals surface area contributed by atoms with Crippen LogP contribution in [-0.2, 0) is 32.6 Å². The molecule has 0 saturated carbocycles. The summed E-state index contributed by atoms with van der Waals surface area (Å²) in [6.45, 7) is 2.13. The molecule has 0 unspecified atom stereocenters. The van der Waals surface area contributed by atoms with Gasteiger partial charge in [-0.1, -0.05) is 17.7 Å². The van der Waals surface area contributed by atoms with E-state index in [2.05, 4.69) is 20.4 Å². The number of halogens is 5. The number of aromatic nitrogens is 5. The van der Waals surface area contributed by atoms with Gasteiger partial charge in [-0.3, -0.25) is 14.4 Å². The zero-order chi connectivity index (χ0) is 35.5. The number of hydrogen-bond donors (Lipinski definition) is 2. The molecule has 0 aliphatic carbocycles. The van der Waals surface area contributed by atoms with Crippen LogP contribution in [0.3, 0.4) is 0 Å². The average molecular weight is 718 g/mol. The van der Waals surface area contributed by atoms with Crippen molar-refractivity contribution in [3.63, 3.8) is 0 Å². The summed E-state index contributed by atoms with van der Waals surface area (Å²) in [6, 6.07) is 4.53. The van der Waals surface area contributed by atoms with E-state index in [0.29, 0.717) is 31.4 Å². The number of nitrogens with zero attached hydrogens (tertiary/aromatic N) is 6. The minimum atomic E-state index is -4.63. The van der Waals surface area contributed by atoms with Crippen LogP contribution < -0.4 is 10.9 Å². The number of carbonyl (C=O) groups is 2. The third kappa shape index (κ3) is 5.88. The second kappa shape index (κ2) is 12.5. The number of rotatable bonds is 5. The normalized spacial score (nSPS) is 18.7. The number of piperidine rings is 1. The van der Waals surface area contributed by atoms with E-state index in [4.69, 9.17) is 21.1 Å². The fourth-order valence-corrected chi connectivity index (χ4v) is 6.93.